The predicted octanol–water partition coefficient (Wildman–Crippen LogP) is 4.50. The molecule has 0 spiro atoms. The van der Waals surface area contributed by atoms with Gasteiger partial charge in [0.05, 0.1) is 12.7 Å². The largest absolute Gasteiger partial charge is 0.480 e. The lowest BCUT2D eigenvalue weighted by Gasteiger charge is -2.25. The molecule has 3 aromatic carbocycles. The number of hydrogen-bond donors (Lipinski definition) is 3. The minimum Gasteiger partial charge on any atom is -0.480 e. The lowest BCUT2D eigenvalue weighted by Crippen LogP contribution is -2.55. The van der Waals surface area contributed by atoms with E-state index in [1.54, 1.807) is 14.0 Å². The van der Waals surface area contributed by atoms with Crippen LogP contribution >= 0.6 is 0 Å². The van der Waals surface area contributed by atoms with Crippen LogP contribution in [0.4, 0.5) is 4.79 Å². The third-order valence-electron chi connectivity index (χ3n) is 7.18. The van der Waals surface area contributed by atoms with Crippen LogP contribution in [-0.4, -0.2) is 61.6 Å². The highest BCUT2D eigenvalue weighted by molar-refractivity contribution is 5.89. The number of amides is 2. The van der Waals surface area contributed by atoms with Crippen molar-refractivity contribution in [3.8, 4) is 11.1 Å². The van der Waals surface area contributed by atoms with Crippen molar-refractivity contribution in [2.75, 3.05) is 20.3 Å². The number of benzene rings is 3. The molecule has 3 aromatic rings. The number of carboxylic acid groups (broad SMARTS) is 1. The topological polar surface area (TPSA) is 123 Å². The fourth-order valence-corrected chi connectivity index (χ4v) is 5.01. The Hall–Kier alpha value is -4.21. The van der Waals surface area contributed by atoms with Crippen LogP contribution in [-0.2, 0) is 30.4 Å². The van der Waals surface area contributed by atoms with E-state index in [2.05, 4.69) is 10.6 Å². The average Bonchev–Trinajstić information content (AvgIpc) is 3.31. The maximum absolute atomic E-state index is 13.2. The van der Waals surface area contributed by atoms with Crippen LogP contribution in [0.1, 0.15) is 42.4 Å². The standard InChI is InChI=1S/C32H36N2O7/c1-21(40-19-22-11-4-3-5-12-22)29(31(36)37)34-30(35)28(17-10-18-39-2)33-32(38)41-20-27-25-15-8-6-13-23(25)24-14-7-9-16-26(24)27/h3-9,11-16,21,27-29H,10,17-20H2,1-2H3,(H,33,38)(H,34,35)(H,36,37)/t21-,28?,29+/m1/s1. The molecule has 4 rings (SSSR count). The number of hydrogen-bond acceptors (Lipinski definition) is 6. The molecule has 0 aliphatic heterocycles. The molecule has 3 N–H and O–H groups in total. The first-order valence-electron chi connectivity index (χ1n) is 13.7. The van der Waals surface area contributed by atoms with Crippen LogP contribution in [0.3, 0.4) is 0 Å². The SMILES string of the molecule is COCCCC(NC(=O)OCC1c2ccccc2-c2ccccc21)C(=O)N[C@H](C(=O)O)[C@@H](C)OCc1ccccc1. The summed E-state index contributed by atoms with van der Waals surface area (Å²) in [4.78, 5) is 38.1. The van der Waals surface area contributed by atoms with Crippen molar-refractivity contribution in [2.45, 2.75) is 50.5 Å². The molecule has 9 heteroatoms. The molecule has 0 bridgehead atoms. The van der Waals surface area contributed by atoms with E-state index in [0.29, 0.717) is 13.0 Å². The van der Waals surface area contributed by atoms with Crippen LogP contribution in [0.2, 0.25) is 0 Å². The summed E-state index contributed by atoms with van der Waals surface area (Å²) >= 11 is 0. The molecule has 216 valence electrons. The van der Waals surface area contributed by atoms with E-state index in [4.69, 9.17) is 14.2 Å². The van der Waals surface area contributed by atoms with Crippen molar-refractivity contribution < 1.29 is 33.7 Å². The Bertz CT molecular complexity index is 1280. The molecule has 0 saturated carbocycles. The van der Waals surface area contributed by atoms with Gasteiger partial charge in [-0.1, -0.05) is 78.9 Å². The van der Waals surface area contributed by atoms with Crippen molar-refractivity contribution in [1.82, 2.24) is 10.6 Å². The Balaban J connectivity index is 1.38. The number of ether oxygens (including phenoxy) is 3. The molecule has 1 aliphatic carbocycles. The third kappa shape index (κ3) is 7.71. The first-order chi connectivity index (χ1) is 19.9. The Morgan fingerprint density at radius 1 is 0.878 bits per heavy atom. The Morgan fingerprint density at radius 3 is 2.10 bits per heavy atom. The monoisotopic (exact) mass is 560 g/mol. The quantitative estimate of drug-likeness (QED) is 0.248. The number of carbonyl (C=O) groups excluding carboxylic acids is 2. The van der Waals surface area contributed by atoms with Gasteiger partial charge < -0.3 is 30.0 Å². The first-order valence-corrected chi connectivity index (χ1v) is 13.7. The van der Waals surface area contributed by atoms with Gasteiger partial charge in [-0.3, -0.25) is 4.79 Å². The lowest BCUT2D eigenvalue weighted by atomic mass is 9.98. The highest BCUT2D eigenvalue weighted by Gasteiger charge is 2.32. The second kappa shape index (κ2) is 14.4. The summed E-state index contributed by atoms with van der Waals surface area (Å²) in [5, 5.41) is 15.0. The Labute approximate surface area is 239 Å². The Kier molecular flexibility index (Phi) is 10.5. The fraction of sp³-hybridized carbons (Fsp3) is 0.344. The molecule has 3 atom stereocenters. The third-order valence-corrected chi connectivity index (χ3v) is 7.18. The molecule has 0 aromatic heterocycles. The van der Waals surface area contributed by atoms with Crippen LogP contribution in [0.15, 0.2) is 78.9 Å². The Morgan fingerprint density at radius 2 is 1.49 bits per heavy atom. The summed E-state index contributed by atoms with van der Waals surface area (Å²) in [6, 6.07) is 23.0. The summed E-state index contributed by atoms with van der Waals surface area (Å²) in [5.74, 6) is -2.01. The number of methoxy groups -OCH3 is 1. The summed E-state index contributed by atoms with van der Waals surface area (Å²) in [6.07, 6.45) is -0.888. The minimum atomic E-state index is -1.32. The van der Waals surface area contributed by atoms with E-state index >= 15 is 0 Å². The van der Waals surface area contributed by atoms with Gasteiger partial charge in [-0.05, 0) is 47.6 Å². The van der Waals surface area contributed by atoms with Crippen molar-refractivity contribution in [1.29, 1.82) is 0 Å². The zero-order valence-corrected chi connectivity index (χ0v) is 23.2. The van der Waals surface area contributed by atoms with Gasteiger partial charge in [-0.25, -0.2) is 9.59 Å². The summed E-state index contributed by atoms with van der Waals surface area (Å²) in [6.45, 7) is 2.24. The zero-order valence-electron chi connectivity index (χ0n) is 23.2. The second-order valence-corrected chi connectivity index (χ2v) is 9.98. The molecule has 0 heterocycles. The molecule has 1 aliphatic rings. The molecule has 2 amide bonds. The van der Waals surface area contributed by atoms with Crippen LogP contribution in [0, 0.1) is 0 Å². The van der Waals surface area contributed by atoms with E-state index in [-0.39, 0.29) is 25.6 Å². The van der Waals surface area contributed by atoms with Gasteiger partial charge in [0, 0.05) is 19.6 Å². The number of alkyl carbamates (subject to hydrolysis) is 1. The van der Waals surface area contributed by atoms with Crippen LogP contribution < -0.4 is 10.6 Å². The average molecular weight is 561 g/mol. The molecule has 0 radical (unpaired) electrons. The summed E-state index contributed by atoms with van der Waals surface area (Å²) in [5.41, 5.74) is 5.24. The number of aliphatic carboxylic acids is 1. The highest BCUT2D eigenvalue weighted by Crippen LogP contribution is 2.44. The highest BCUT2D eigenvalue weighted by atomic mass is 16.5. The lowest BCUT2D eigenvalue weighted by molar-refractivity contribution is -0.146. The zero-order chi connectivity index (χ0) is 29.2. The summed E-state index contributed by atoms with van der Waals surface area (Å²) < 4.78 is 16.4. The van der Waals surface area contributed by atoms with Gasteiger partial charge in [-0.15, -0.1) is 0 Å². The van der Waals surface area contributed by atoms with E-state index in [1.807, 2.05) is 78.9 Å². The van der Waals surface area contributed by atoms with E-state index in [0.717, 1.165) is 27.8 Å². The number of rotatable bonds is 14. The molecule has 0 fully saturated rings. The maximum atomic E-state index is 13.2. The van der Waals surface area contributed by atoms with Crippen molar-refractivity contribution >= 4 is 18.0 Å². The van der Waals surface area contributed by atoms with E-state index in [1.165, 1.54) is 0 Å². The van der Waals surface area contributed by atoms with Gasteiger partial charge in [0.1, 0.15) is 12.6 Å². The molecule has 1 unspecified atom stereocenters. The van der Waals surface area contributed by atoms with E-state index in [9.17, 15) is 19.5 Å². The first kappa shape index (κ1) is 29.8. The molecule has 9 nitrogen and oxygen atoms in total. The van der Waals surface area contributed by atoms with Gasteiger partial charge in [0.25, 0.3) is 0 Å². The predicted molar refractivity (Wildman–Crippen MR) is 153 cm³/mol. The smallest absolute Gasteiger partial charge is 0.407 e. The van der Waals surface area contributed by atoms with Crippen LogP contribution in [0.5, 0.6) is 0 Å². The van der Waals surface area contributed by atoms with Gasteiger partial charge >= 0.3 is 12.1 Å². The molecule has 0 saturated heterocycles. The van der Waals surface area contributed by atoms with Crippen molar-refractivity contribution in [3.63, 3.8) is 0 Å². The molecular weight excluding hydrogens is 524 g/mol. The van der Waals surface area contributed by atoms with Gasteiger partial charge in [-0.2, -0.15) is 0 Å². The summed E-state index contributed by atoms with van der Waals surface area (Å²) in [7, 11) is 1.54. The van der Waals surface area contributed by atoms with Crippen molar-refractivity contribution in [2.24, 2.45) is 0 Å². The molecule has 41 heavy (non-hydrogen) atoms. The second-order valence-electron chi connectivity index (χ2n) is 9.98. The van der Waals surface area contributed by atoms with Gasteiger partial charge in [0.15, 0.2) is 6.04 Å². The number of nitrogens with one attached hydrogen (secondary N) is 2. The number of carboxylic acids is 1. The fourth-order valence-electron chi connectivity index (χ4n) is 5.01. The number of carbonyl (C=O) groups is 3. The van der Waals surface area contributed by atoms with Crippen LogP contribution in [0.25, 0.3) is 11.1 Å². The van der Waals surface area contributed by atoms with E-state index < -0.39 is 36.2 Å². The normalized spacial score (nSPS) is 14.3. The maximum Gasteiger partial charge on any atom is 0.407 e. The molecular formula is C32H36N2O7. The van der Waals surface area contributed by atoms with Gasteiger partial charge in [0.2, 0.25) is 5.91 Å². The van der Waals surface area contributed by atoms with Crippen molar-refractivity contribution in [3.05, 3.63) is 95.6 Å². The number of fused-ring (bicyclic) bond motifs is 3. The minimum absolute atomic E-state index is 0.0916.